The molecule has 2 heterocycles. The normalized spacial score (nSPS) is 18.9. The van der Waals surface area contributed by atoms with Crippen molar-refractivity contribution in [3.05, 3.63) is 59.7 Å². The summed E-state index contributed by atoms with van der Waals surface area (Å²) in [4.78, 5) is 14.9. The molecule has 7 heteroatoms. The number of carbonyl (C=O) groups is 1. The molecule has 0 radical (unpaired) electrons. The molecule has 2 aromatic carbocycles. The maximum absolute atomic E-state index is 13.2. The molecule has 152 valence electrons. The first-order chi connectivity index (χ1) is 13.9. The fourth-order valence-corrected chi connectivity index (χ4v) is 5.27. The molecular formula is C22H25N3O3S. The Morgan fingerprint density at radius 2 is 1.72 bits per heavy atom. The number of anilines is 1. The number of hydrogen-bond donors (Lipinski definition) is 0. The van der Waals surface area contributed by atoms with Crippen molar-refractivity contribution in [3.8, 4) is 0 Å². The lowest BCUT2D eigenvalue weighted by molar-refractivity contribution is -0.125. The highest BCUT2D eigenvalue weighted by Gasteiger charge is 2.39. The molecule has 1 saturated heterocycles. The number of fused-ring (bicyclic) bond motifs is 1. The van der Waals surface area contributed by atoms with E-state index in [9.17, 15) is 13.2 Å². The van der Waals surface area contributed by atoms with Gasteiger partial charge in [0, 0.05) is 13.1 Å². The number of hydrogen-bond acceptors (Lipinski definition) is 5. The molecule has 2 aliphatic rings. The van der Waals surface area contributed by atoms with Crippen LogP contribution < -0.4 is 5.01 Å². The Bertz CT molecular complexity index is 1070. The van der Waals surface area contributed by atoms with Crippen LogP contribution >= 0.6 is 0 Å². The summed E-state index contributed by atoms with van der Waals surface area (Å²) in [5, 5.41) is 5.64. The fraction of sp³-hybridized carbons (Fsp3) is 0.364. The van der Waals surface area contributed by atoms with Gasteiger partial charge >= 0.3 is 0 Å². The van der Waals surface area contributed by atoms with Gasteiger partial charge in [0.25, 0.3) is 5.91 Å². The Morgan fingerprint density at radius 1 is 1.07 bits per heavy atom. The molecule has 1 amide bonds. The van der Waals surface area contributed by atoms with Gasteiger partial charge in [-0.25, -0.2) is 8.42 Å². The number of benzene rings is 2. The van der Waals surface area contributed by atoms with E-state index >= 15 is 0 Å². The Labute approximate surface area is 171 Å². The first kappa shape index (κ1) is 19.6. The van der Waals surface area contributed by atoms with E-state index in [1.54, 1.807) is 34.2 Å². The summed E-state index contributed by atoms with van der Waals surface area (Å²) in [6.07, 6.45) is 1.76. The molecule has 0 spiro atoms. The Kier molecular flexibility index (Phi) is 5.17. The van der Waals surface area contributed by atoms with Gasteiger partial charge in [-0.2, -0.15) is 5.10 Å². The third-order valence-corrected chi connectivity index (χ3v) is 7.42. The summed E-state index contributed by atoms with van der Waals surface area (Å²) in [6, 6.07) is 14.7. The number of aryl methyl sites for hydroxylation is 1. The van der Waals surface area contributed by atoms with Crippen LogP contribution in [0.15, 0.2) is 58.5 Å². The zero-order valence-electron chi connectivity index (χ0n) is 16.7. The van der Waals surface area contributed by atoms with Crippen LogP contribution in [0, 0.1) is 12.8 Å². The summed E-state index contributed by atoms with van der Waals surface area (Å²) in [5.74, 6) is 0.0448. The Hall–Kier alpha value is -2.67. The number of amides is 1. The molecule has 0 aromatic heterocycles. The molecule has 2 aliphatic heterocycles. The number of carbonyl (C=O) groups excluding carboxylic acids is 1. The molecule has 29 heavy (non-hydrogen) atoms. The van der Waals surface area contributed by atoms with Gasteiger partial charge in [-0.15, -0.1) is 0 Å². The van der Waals surface area contributed by atoms with Gasteiger partial charge in [0.2, 0.25) is 14.9 Å². The summed E-state index contributed by atoms with van der Waals surface area (Å²) in [6.45, 7) is 5.68. The topological polar surface area (TPSA) is 70.1 Å². The van der Waals surface area contributed by atoms with E-state index in [0.717, 1.165) is 24.0 Å². The van der Waals surface area contributed by atoms with E-state index < -0.39 is 15.7 Å². The van der Waals surface area contributed by atoms with Crippen LogP contribution in [-0.2, 0) is 21.2 Å². The summed E-state index contributed by atoms with van der Waals surface area (Å²) >= 11 is 0. The lowest BCUT2D eigenvalue weighted by atomic mass is 9.99. The van der Waals surface area contributed by atoms with Gasteiger partial charge in [-0.3, -0.25) is 9.80 Å². The maximum Gasteiger partial charge on any atom is 0.286 e. The quantitative estimate of drug-likeness (QED) is 0.777. The fourth-order valence-electron chi connectivity index (χ4n) is 3.79. The molecule has 2 aromatic rings. The second-order valence-corrected chi connectivity index (χ2v) is 9.67. The predicted octanol–water partition coefficient (Wildman–Crippen LogP) is 3.36. The monoisotopic (exact) mass is 411 g/mol. The van der Waals surface area contributed by atoms with Gasteiger partial charge < -0.3 is 4.90 Å². The minimum absolute atomic E-state index is 0.136. The number of sulfone groups is 1. The average Bonchev–Trinajstić information content (AvgIpc) is 2.72. The SMILES string of the molecule is Cc1ccccc1CN1N=C(C(=O)N2CCC(C)CC2)S(=O)(=O)c2ccccc21. The highest BCUT2D eigenvalue weighted by molar-refractivity contribution is 8.08. The van der Waals surface area contributed by atoms with Crippen molar-refractivity contribution < 1.29 is 13.2 Å². The van der Waals surface area contributed by atoms with Gasteiger partial charge in [-0.1, -0.05) is 43.3 Å². The van der Waals surface area contributed by atoms with Crippen molar-refractivity contribution in [3.63, 3.8) is 0 Å². The number of rotatable bonds is 3. The summed E-state index contributed by atoms with van der Waals surface area (Å²) in [5.41, 5.74) is 2.62. The largest absolute Gasteiger partial charge is 0.337 e. The van der Waals surface area contributed by atoms with Gasteiger partial charge in [0.15, 0.2) is 0 Å². The molecule has 0 bridgehead atoms. The van der Waals surface area contributed by atoms with Crippen molar-refractivity contribution in [1.82, 2.24) is 4.90 Å². The van der Waals surface area contributed by atoms with Crippen LogP contribution in [0.5, 0.6) is 0 Å². The Balaban J connectivity index is 1.75. The zero-order valence-corrected chi connectivity index (χ0v) is 17.5. The van der Waals surface area contributed by atoms with E-state index in [-0.39, 0.29) is 9.94 Å². The zero-order chi connectivity index (χ0) is 20.6. The van der Waals surface area contributed by atoms with Crippen LogP contribution in [0.1, 0.15) is 30.9 Å². The highest BCUT2D eigenvalue weighted by Crippen LogP contribution is 2.33. The lowest BCUT2D eigenvalue weighted by Crippen LogP contribution is -2.46. The number of nitrogens with zero attached hydrogens (tertiary/aromatic N) is 3. The maximum atomic E-state index is 13.2. The lowest BCUT2D eigenvalue weighted by Gasteiger charge is -2.33. The predicted molar refractivity (Wildman–Crippen MR) is 113 cm³/mol. The van der Waals surface area contributed by atoms with Gasteiger partial charge in [0.05, 0.1) is 17.1 Å². The third kappa shape index (κ3) is 3.67. The van der Waals surface area contributed by atoms with Gasteiger partial charge in [-0.05, 0) is 48.9 Å². The number of para-hydroxylation sites is 1. The minimum atomic E-state index is -3.96. The standard InChI is InChI=1S/C22H25N3O3S/c1-16-11-13-24(14-12-16)22(26)21-23-25(15-18-8-4-3-7-17(18)2)19-9-5-6-10-20(19)29(21,27)28/h3-10,16H,11-15H2,1-2H3. The van der Waals surface area contributed by atoms with Crippen molar-refractivity contribution >= 4 is 26.5 Å². The van der Waals surface area contributed by atoms with Crippen LogP contribution in [-0.4, -0.2) is 37.4 Å². The van der Waals surface area contributed by atoms with Crippen LogP contribution in [0.2, 0.25) is 0 Å². The third-order valence-electron chi connectivity index (χ3n) is 5.73. The molecule has 0 atom stereocenters. The molecule has 0 unspecified atom stereocenters. The van der Waals surface area contributed by atoms with Crippen molar-refractivity contribution in [1.29, 1.82) is 0 Å². The second kappa shape index (κ2) is 7.63. The molecule has 4 rings (SSSR count). The Morgan fingerprint density at radius 3 is 2.45 bits per heavy atom. The first-order valence-corrected chi connectivity index (χ1v) is 11.4. The number of piperidine rings is 1. The van der Waals surface area contributed by atoms with Gasteiger partial charge in [0.1, 0.15) is 0 Å². The van der Waals surface area contributed by atoms with E-state index in [0.29, 0.717) is 31.2 Å². The smallest absolute Gasteiger partial charge is 0.286 e. The van der Waals surface area contributed by atoms with E-state index in [1.807, 2.05) is 31.2 Å². The average molecular weight is 412 g/mol. The van der Waals surface area contributed by atoms with Crippen molar-refractivity contribution in [2.75, 3.05) is 18.1 Å². The van der Waals surface area contributed by atoms with E-state index in [1.165, 1.54) is 0 Å². The second-order valence-electron chi connectivity index (χ2n) is 7.84. The van der Waals surface area contributed by atoms with Crippen LogP contribution in [0.4, 0.5) is 5.69 Å². The minimum Gasteiger partial charge on any atom is -0.337 e. The molecule has 1 fully saturated rings. The number of likely N-dealkylation sites (tertiary alicyclic amines) is 1. The van der Waals surface area contributed by atoms with Crippen molar-refractivity contribution in [2.24, 2.45) is 11.0 Å². The van der Waals surface area contributed by atoms with Crippen LogP contribution in [0.25, 0.3) is 0 Å². The van der Waals surface area contributed by atoms with Crippen LogP contribution in [0.3, 0.4) is 0 Å². The molecule has 0 N–H and O–H groups in total. The molecule has 6 nitrogen and oxygen atoms in total. The van der Waals surface area contributed by atoms with Crippen molar-refractivity contribution in [2.45, 2.75) is 38.1 Å². The summed E-state index contributed by atoms with van der Waals surface area (Å²) in [7, 11) is -3.96. The van der Waals surface area contributed by atoms with E-state index in [2.05, 4.69) is 12.0 Å². The highest BCUT2D eigenvalue weighted by atomic mass is 32.2. The first-order valence-electron chi connectivity index (χ1n) is 9.92. The van der Waals surface area contributed by atoms with E-state index in [4.69, 9.17) is 0 Å². The molecular weight excluding hydrogens is 386 g/mol. The molecule has 0 saturated carbocycles. The molecule has 0 aliphatic carbocycles. The summed E-state index contributed by atoms with van der Waals surface area (Å²) < 4.78 is 26.4. The number of hydrazone groups is 1.